The second-order valence-electron chi connectivity index (χ2n) is 5.97. The molecule has 1 fully saturated rings. The van der Waals surface area contributed by atoms with Crippen LogP contribution in [-0.2, 0) is 9.59 Å². The molecule has 0 saturated carbocycles. The standard InChI is InChI=1S/C19H20N4O3/c24-17-12-23(11-10-20-17)13-18(25)22-16-9-5-4-8-15(16)19(26)21-14-6-2-1-3-7-14/h1-9H,10-13H2,(H,20,24)(H,21,26)(H,22,25). The third-order valence-corrected chi connectivity index (χ3v) is 3.96. The Morgan fingerprint density at radius 2 is 1.73 bits per heavy atom. The van der Waals surface area contributed by atoms with Crippen LogP contribution >= 0.6 is 0 Å². The molecule has 134 valence electrons. The highest BCUT2D eigenvalue weighted by Gasteiger charge is 2.19. The molecule has 3 N–H and O–H groups in total. The molecule has 26 heavy (non-hydrogen) atoms. The highest BCUT2D eigenvalue weighted by atomic mass is 16.2. The van der Waals surface area contributed by atoms with Gasteiger partial charge in [0.25, 0.3) is 5.91 Å². The Hall–Kier alpha value is -3.19. The Balaban J connectivity index is 1.65. The summed E-state index contributed by atoms with van der Waals surface area (Å²) in [6, 6.07) is 15.9. The Kier molecular flexibility index (Phi) is 5.60. The van der Waals surface area contributed by atoms with Crippen LogP contribution < -0.4 is 16.0 Å². The molecule has 0 aromatic heterocycles. The van der Waals surface area contributed by atoms with Gasteiger partial charge in [0, 0.05) is 18.8 Å². The monoisotopic (exact) mass is 352 g/mol. The molecule has 1 heterocycles. The van der Waals surface area contributed by atoms with Gasteiger partial charge in [0.05, 0.1) is 24.3 Å². The summed E-state index contributed by atoms with van der Waals surface area (Å²) in [5, 5.41) is 8.29. The minimum Gasteiger partial charge on any atom is -0.354 e. The summed E-state index contributed by atoms with van der Waals surface area (Å²) in [7, 11) is 0. The molecule has 3 amide bonds. The van der Waals surface area contributed by atoms with Crippen molar-refractivity contribution in [3.63, 3.8) is 0 Å². The van der Waals surface area contributed by atoms with Crippen LogP contribution in [0.3, 0.4) is 0 Å². The van der Waals surface area contributed by atoms with Crippen molar-refractivity contribution < 1.29 is 14.4 Å². The number of hydrogen-bond acceptors (Lipinski definition) is 4. The Bertz CT molecular complexity index is 807. The van der Waals surface area contributed by atoms with Gasteiger partial charge in [-0.15, -0.1) is 0 Å². The predicted molar refractivity (Wildman–Crippen MR) is 98.9 cm³/mol. The number of para-hydroxylation sites is 2. The van der Waals surface area contributed by atoms with E-state index in [1.807, 2.05) is 18.2 Å². The van der Waals surface area contributed by atoms with Gasteiger partial charge >= 0.3 is 0 Å². The van der Waals surface area contributed by atoms with Gasteiger partial charge in [-0.1, -0.05) is 30.3 Å². The van der Waals surface area contributed by atoms with Crippen LogP contribution in [0.5, 0.6) is 0 Å². The first-order chi connectivity index (χ1) is 12.6. The Morgan fingerprint density at radius 3 is 2.50 bits per heavy atom. The molecule has 7 nitrogen and oxygen atoms in total. The molecule has 0 aliphatic carbocycles. The van der Waals surface area contributed by atoms with E-state index in [4.69, 9.17) is 0 Å². The van der Waals surface area contributed by atoms with Crippen LogP contribution in [0.1, 0.15) is 10.4 Å². The quantitative estimate of drug-likeness (QED) is 0.757. The normalized spacial score (nSPS) is 14.4. The number of nitrogens with zero attached hydrogens (tertiary/aromatic N) is 1. The number of nitrogens with one attached hydrogen (secondary N) is 3. The van der Waals surface area contributed by atoms with Crippen molar-refractivity contribution in [3.05, 3.63) is 60.2 Å². The number of benzene rings is 2. The Labute approximate surface area is 151 Å². The van der Waals surface area contributed by atoms with Crippen molar-refractivity contribution in [3.8, 4) is 0 Å². The number of carbonyl (C=O) groups is 3. The molecule has 0 bridgehead atoms. The summed E-state index contributed by atoms with van der Waals surface area (Å²) in [6.07, 6.45) is 0. The largest absolute Gasteiger partial charge is 0.354 e. The van der Waals surface area contributed by atoms with Gasteiger partial charge in [-0.3, -0.25) is 19.3 Å². The van der Waals surface area contributed by atoms with Gasteiger partial charge in [0.1, 0.15) is 0 Å². The lowest BCUT2D eigenvalue weighted by molar-refractivity contribution is -0.125. The van der Waals surface area contributed by atoms with Crippen LogP contribution in [-0.4, -0.2) is 48.8 Å². The topological polar surface area (TPSA) is 90.5 Å². The third-order valence-electron chi connectivity index (χ3n) is 3.96. The molecular weight excluding hydrogens is 332 g/mol. The molecule has 0 atom stereocenters. The van der Waals surface area contributed by atoms with Gasteiger partial charge in [0.15, 0.2) is 0 Å². The molecule has 7 heteroatoms. The fourth-order valence-electron chi connectivity index (χ4n) is 2.73. The smallest absolute Gasteiger partial charge is 0.257 e. The van der Waals surface area contributed by atoms with Gasteiger partial charge in [-0.25, -0.2) is 0 Å². The first-order valence-corrected chi connectivity index (χ1v) is 8.36. The number of hydrogen-bond donors (Lipinski definition) is 3. The van der Waals surface area contributed by atoms with E-state index in [9.17, 15) is 14.4 Å². The van der Waals surface area contributed by atoms with Crippen LogP contribution in [0, 0.1) is 0 Å². The minimum atomic E-state index is -0.301. The maximum Gasteiger partial charge on any atom is 0.257 e. The average Bonchev–Trinajstić information content (AvgIpc) is 2.63. The molecule has 1 aliphatic heterocycles. The summed E-state index contributed by atoms with van der Waals surface area (Å²) in [6.45, 7) is 1.45. The maximum atomic E-state index is 12.5. The molecule has 2 aromatic carbocycles. The average molecular weight is 352 g/mol. The van der Waals surface area contributed by atoms with Crippen molar-refractivity contribution in [2.75, 3.05) is 36.8 Å². The predicted octanol–water partition coefficient (Wildman–Crippen LogP) is 1.31. The fraction of sp³-hybridized carbons (Fsp3) is 0.211. The third kappa shape index (κ3) is 4.67. The molecule has 0 radical (unpaired) electrons. The lowest BCUT2D eigenvalue weighted by atomic mass is 10.1. The maximum absolute atomic E-state index is 12.5. The molecule has 3 rings (SSSR count). The number of amides is 3. The van der Waals surface area contributed by atoms with Crippen molar-refractivity contribution in [1.82, 2.24) is 10.2 Å². The summed E-state index contributed by atoms with van der Waals surface area (Å²) in [4.78, 5) is 38.0. The van der Waals surface area contributed by atoms with E-state index in [2.05, 4.69) is 16.0 Å². The molecule has 2 aromatic rings. The number of anilines is 2. The number of rotatable bonds is 5. The number of piperazine rings is 1. The molecule has 0 unspecified atom stereocenters. The van der Waals surface area contributed by atoms with E-state index in [0.29, 0.717) is 30.0 Å². The van der Waals surface area contributed by atoms with Crippen molar-refractivity contribution in [2.45, 2.75) is 0 Å². The highest BCUT2D eigenvalue weighted by molar-refractivity contribution is 6.10. The zero-order valence-electron chi connectivity index (χ0n) is 14.2. The lowest BCUT2D eigenvalue weighted by Gasteiger charge is -2.25. The van der Waals surface area contributed by atoms with Crippen molar-refractivity contribution in [1.29, 1.82) is 0 Å². The SMILES string of the molecule is O=C1CN(CC(=O)Nc2ccccc2C(=O)Nc2ccccc2)CCN1. The second-order valence-corrected chi connectivity index (χ2v) is 5.97. The van der Waals surface area contributed by atoms with Crippen LogP contribution in [0.2, 0.25) is 0 Å². The van der Waals surface area contributed by atoms with Gasteiger partial charge in [0.2, 0.25) is 11.8 Å². The zero-order valence-corrected chi connectivity index (χ0v) is 14.2. The van der Waals surface area contributed by atoms with Crippen LogP contribution in [0.25, 0.3) is 0 Å². The Morgan fingerprint density at radius 1 is 1.00 bits per heavy atom. The van der Waals surface area contributed by atoms with Crippen molar-refractivity contribution >= 4 is 29.1 Å². The summed E-state index contributed by atoms with van der Waals surface area (Å²) in [5.74, 6) is -0.657. The van der Waals surface area contributed by atoms with E-state index in [1.165, 1.54) is 0 Å². The van der Waals surface area contributed by atoms with Gasteiger partial charge in [-0.2, -0.15) is 0 Å². The number of carbonyl (C=O) groups excluding carboxylic acids is 3. The van der Waals surface area contributed by atoms with E-state index in [0.717, 1.165) is 0 Å². The molecule has 0 spiro atoms. The van der Waals surface area contributed by atoms with Gasteiger partial charge < -0.3 is 16.0 Å². The van der Waals surface area contributed by atoms with E-state index in [-0.39, 0.29) is 30.8 Å². The van der Waals surface area contributed by atoms with E-state index >= 15 is 0 Å². The van der Waals surface area contributed by atoms with E-state index in [1.54, 1.807) is 41.3 Å². The first-order valence-electron chi connectivity index (χ1n) is 8.36. The van der Waals surface area contributed by atoms with Crippen LogP contribution in [0.4, 0.5) is 11.4 Å². The molecule has 1 aliphatic rings. The lowest BCUT2D eigenvalue weighted by Crippen LogP contribution is -2.49. The summed E-state index contributed by atoms with van der Waals surface area (Å²) < 4.78 is 0. The van der Waals surface area contributed by atoms with E-state index < -0.39 is 0 Å². The second kappa shape index (κ2) is 8.26. The zero-order chi connectivity index (χ0) is 18.4. The summed E-state index contributed by atoms with van der Waals surface area (Å²) >= 11 is 0. The first kappa shape index (κ1) is 17.6. The molecular formula is C19H20N4O3. The minimum absolute atomic E-state index is 0.0910. The highest BCUT2D eigenvalue weighted by Crippen LogP contribution is 2.17. The van der Waals surface area contributed by atoms with Crippen LogP contribution in [0.15, 0.2) is 54.6 Å². The van der Waals surface area contributed by atoms with Gasteiger partial charge in [-0.05, 0) is 24.3 Å². The van der Waals surface area contributed by atoms with Crippen molar-refractivity contribution in [2.24, 2.45) is 0 Å². The molecule has 1 saturated heterocycles. The fourth-order valence-corrected chi connectivity index (χ4v) is 2.73. The summed E-state index contributed by atoms with van der Waals surface area (Å²) in [5.41, 5.74) is 1.49.